The second-order valence-electron chi connectivity index (χ2n) is 9.98. The van der Waals surface area contributed by atoms with Crippen molar-refractivity contribution in [3.05, 3.63) is 35.0 Å². The number of likely N-dealkylation sites (N-methyl/N-ethyl adjacent to an activating group) is 1. The Bertz CT molecular complexity index is 940. The summed E-state index contributed by atoms with van der Waals surface area (Å²) in [5, 5.41) is 7.98. The first-order valence-electron chi connectivity index (χ1n) is 10.8. The average Bonchev–Trinajstić information content (AvgIpc) is 3.32. The Labute approximate surface area is 177 Å². The summed E-state index contributed by atoms with van der Waals surface area (Å²) in [7, 11) is 2.19. The number of hydrogen-bond acceptors (Lipinski definition) is 4. The molecule has 2 saturated heterocycles. The first-order chi connectivity index (χ1) is 13.8. The Morgan fingerprint density at radius 1 is 1.31 bits per heavy atom. The number of nitrogens with zero attached hydrogens (tertiary/aromatic N) is 1. The van der Waals surface area contributed by atoms with Crippen LogP contribution in [-0.4, -0.2) is 53.2 Å². The van der Waals surface area contributed by atoms with Gasteiger partial charge >= 0.3 is 0 Å². The van der Waals surface area contributed by atoms with E-state index in [1.54, 1.807) is 11.8 Å². The Hall–Kier alpha value is -1.50. The highest BCUT2D eigenvalue weighted by Gasteiger charge is 2.42. The zero-order valence-corrected chi connectivity index (χ0v) is 18.7. The van der Waals surface area contributed by atoms with Gasteiger partial charge < -0.3 is 15.2 Å². The molecule has 2 aliphatic heterocycles. The minimum atomic E-state index is 0.0436. The summed E-state index contributed by atoms with van der Waals surface area (Å²) in [6, 6.07) is 5.13. The van der Waals surface area contributed by atoms with E-state index in [1.165, 1.54) is 27.6 Å². The van der Waals surface area contributed by atoms with Crippen molar-refractivity contribution < 1.29 is 4.79 Å². The molecular formula is C23H32N4OS. The van der Waals surface area contributed by atoms with Crippen LogP contribution in [0, 0.1) is 5.92 Å². The summed E-state index contributed by atoms with van der Waals surface area (Å²) < 4.78 is 0. The molecule has 5 nitrogen and oxygen atoms in total. The van der Waals surface area contributed by atoms with Crippen LogP contribution in [0.2, 0.25) is 0 Å². The van der Waals surface area contributed by atoms with Gasteiger partial charge in [-0.15, -0.1) is 11.8 Å². The summed E-state index contributed by atoms with van der Waals surface area (Å²) in [6.45, 7) is 8.65. The van der Waals surface area contributed by atoms with Gasteiger partial charge in [0.25, 0.3) is 0 Å². The zero-order valence-electron chi connectivity index (χ0n) is 17.8. The molecule has 5 rings (SSSR count). The molecule has 156 valence electrons. The van der Waals surface area contributed by atoms with E-state index in [4.69, 9.17) is 0 Å². The van der Waals surface area contributed by atoms with Gasteiger partial charge in [0.1, 0.15) is 5.50 Å². The Kier molecular flexibility index (Phi) is 4.72. The molecule has 4 atom stereocenters. The van der Waals surface area contributed by atoms with Crippen LogP contribution in [0.25, 0.3) is 10.9 Å². The predicted octanol–water partition coefficient (Wildman–Crippen LogP) is 3.16. The molecule has 3 N–H and O–H groups in total. The van der Waals surface area contributed by atoms with Gasteiger partial charge in [-0.25, -0.2) is 0 Å². The first-order valence-corrected chi connectivity index (χ1v) is 11.9. The number of nitrogens with one attached hydrogen (secondary N) is 3. The van der Waals surface area contributed by atoms with Gasteiger partial charge in [-0.05, 0) is 42.0 Å². The van der Waals surface area contributed by atoms with Gasteiger partial charge in [0.05, 0.1) is 5.92 Å². The number of carbonyl (C=O) groups excluding carboxylic acids is 1. The topological polar surface area (TPSA) is 60.2 Å². The van der Waals surface area contributed by atoms with E-state index in [9.17, 15) is 4.79 Å². The molecule has 2 unspecified atom stereocenters. The maximum atomic E-state index is 13.0. The molecule has 0 bridgehead atoms. The first kappa shape index (κ1) is 19.5. The van der Waals surface area contributed by atoms with Crippen LogP contribution in [0.15, 0.2) is 18.3 Å². The lowest BCUT2D eigenvalue weighted by Crippen LogP contribution is -2.53. The number of aromatic nitrogens is 1. The fourth-order valence-electron chi connectivity index (χ4n) is 5.58. The number of rotatable bonds is 2. The molecule has 0 saturated carbocycles. The van der Waals surface area contributed by atoms with Crippen LogP contribution in [0.5, 0.6) is 0 Å². The van der Waals surface area contributed by atoms with Crippen LogP contribution in [0.4, 0.5) is 0 Å². The lowest BCUT2D eigenvalue weighted by Gasteiger charge is -2.45. The maximum absolute atomic E-state index is 13.0. The quantitative estimate of drug-likeness (QED) is 0.709. The number of likely N-dealkylation sites (tertiary alicyclic amines) is 1. The highest BCUT2D eigenvalue weighted by atomic mass is 32.2. The van der Waals surface area contributed by atoms with Crippen LogP contribution in [0.1, 0.15) is 49.8 Å². The van der Waals surface area contributed by atoms with Gasteiger partial charge in [-0.1, -0.05) is 32.9 Å². The highest BCUT2D eigenvalue weighted by molar-refractivity contribution is 8.00. The standard InChI is InChI=1S/C23H32N4OS/c1-23(2,3)17-6-5-15-16-9-14(21(28)26-22-24-7-8-29-22)12-27(4)18(16)10-13-11-25-20(17)19(13)15/h5-6,11,14,16,18,22,24-25H,7-10,12H2,1-4H3,(H,26,28)/t14?,16-,18-,22?/m1/s1. The van der Waals surface area contributed by atoms with E-state index < -0.39 is 0 Å². The maximum Gasteiger partial charge on any atom is 0.226 e. The molecule has 3 heterocycles. The Morgan fingerprint density at radius 2 is 2.14 bits per heavy atom. The van der Waals surface area contributed by atoms with Crippen molar-refractivity contribution >= 4 is 28.6 Å². The van der Waals surface area contributed by atoms with E-state index in [2.05, 4.69) is 66.7 Å². The minimum absolute atomic E-state index is 0.0436. The van der Waals surface area contributed by atoms with E-state index in [-0.39, 0.29) is 22.7 Å². The summed E-state index contributed by atoms with van der Waals surface area (Å²) in [4.78, 5) is 19.0. The molecule has 29 heavy (non-hydrogen) atoms. The smallest absolute Gasteiger partial charge is 0.226 e. The van der Waals surface area contributed by atoms with E-state index >= 15 is 0 Å². The molecule has 0 radical (unpaired) electrons. The van der Waals surface area contributed by atoms with Gasteiger partial charge in [0.2, 0.25) is 5.91 Å². The van der Waals surface area contributed by atoms with Crippen LogP contribution in [-0.2, 0) is 16.6 Å². The van der Waals surface area contributed by atoms with Crippen molar-refractivity contribution in [3.8, 4) is 0 Å². The van der Waals surface area contributed by atoms with Gasteiger partial charge in [-0.2, -0.15) is 0 Å². The van der Waals surface area contributed by atoms with Gasteiger partial charge in [-0.3, -0.25) is 10.1 Å². The second-order valence-corrected chi connectivity index (χ2v) is 11.2. The molecule has 3 aliphatic rings. The average molecular weight is 413 g/mol. The zero-order chi connectivity index (χ0) is 20.3. The third-order valence-electron chi connectivity index (χ3n) is 7.02. The van der Waals surface area contributed by atoms with Crippen LogP contribution < -0.4 is 10.6 Å². The van der Waals surface area contributed by atoms with Gasteiger partial charge in [0.15, 0.2) is 0 Å². The normalized spacial score (nSPS) is 29.8. The summed E-state index contributed by atoms with van der Waals surface area (Å²) in [5.41, 5.74) is 5.72. The number of hydrogen-bond donors (Lipinski definition) is 3. The van der Waals surface area contributed by atoms with Crippen molar-refractivity contribution in [1.82, 2.24) is 20.5 Å². The van der Waals surface area contributed by atoms with Crippen molar-refractivity contribution in [1.29, 1.82) is 0 Å². The largest absolute Gasteiger partial charge is 0.361 e. The molecule has 0 spiro atoms. The number of piperidine rings is 1. The number of amides is 1. The third-order valence-corrected chi connectivity index (χ3v) is 8.08. The van der Waals surface area contributed by atoms with E-state index in [1.807, 2.05) is 0 Å². The summed E-state index contributed by atoms with van der Waals surface area (Å²) in [5.74, 6) is 1.72. The number of carbonyl (C=O) groups is 1. The van der Waals surface area contributed by atoms with Crippen LogP contribution >= 0.6 is 11.8 Å². The number of aromatic amines is 1. The van der Waals surface area contributed by atoms with Gasteiger partial charge in [0, 0.05) is 47.9 Å². The summed E-state index contributed by atoms with van der Waals surface area (Å²) in [6.07, 6.45) is 4.22. The lowest BCUT2D eigenvalue weighted by atomic mass is 9.71. The van der Waals surface area contributed by atoms with Crippen LogP contribution in [0.3, 0.4) is 0 Å². The molecule has 2 fully saturated rings. The lowest BCUT2D eigenvalue weighted by molar-refractivity contribution is -0.127. The molecule has 1 aliphatic carbocycles. The Morgan fingerprint density at radius 3 is 2.86 bits per heavy atom. The number of thioether (sulfide) groups is 1. The second kappa shape index (κ2) is 7.03. The number of benzene rings is 1. The number of H-pyrrole nitrogens is 1. The predicted molar refractivity (Wildman–Crippen MR) is 120 cm³/mol. The highest BCUT2D eigenvalue weighted by Crippen LogP contribution is 2.46. The fourth-order valence-corrected chi connectivity index (χ4v) is 6.49. The summed E-state index contributed by atoms with van der Waals surface area (Å²) >= 11 is 1.79. The fraction of sp³-hybridized carbons (Fsp3) is 0.609. The van der Waals surface area contributed by atoms with Crippen molar-refractivity contribution in [3.63, 3.8) is 0 Å². The number of fused-ring (bicyclic) bond motifs is 2. The Balaban J connectivity index is 1.47. The monoisotopic (exact) mass is 412 g/mol. The van der Waals surface area contributed by atoms with Crippen molar-refractivity contribution in [2.75, 3.05) is 25.9 Å². The molecule has 1 aromatic heterocycles. The SMILES string of the molecule is CN1CC(C(=O)NC2NCCS2)C[C@@H]2c3ccc(C(C)(C)C)c4[nH]cc(c34)C[C@H]21. The third kappa shape index (κ3) is 3.29. The molecule has 6 heteroatoms. The van der Waals surface area contributed by atoms with E-state index in [0.717, 1.165) is 31.7 Å². The van der Waals surface area contributed by atoms with Crippen molar-refractivity contribution in [2.45, 2.75) is 56.5 Å². The minimum Gasteiger partial charge on any atom is -0.361 e. The molecule has 1 amide bonds. The van der Waals surface area contributed by atoms with E-state index in [0.29, 0.717) is 12.0 Å². The molecule has 2 aromatic rings. The van der Waals surface area contributed by atoms with Crippen molar-refractivity contribution in [2.24, 2.45) is 5.92 Å². The molecule has 1 aromatic carbocycles. The molecular weight excluding hydrogens is 380 g/mol.